The fraction of sp³-hybridized carbons (Fsp3) is 0.917. The lowest BCUT2D eigenvalue weighted by atomic mass is 10.0. The van der Waals surface area contributed by atoms with Crippen molar-refractivity contribution in [1.82, 2.24) is 15.1 Å². The van der Waals surface area contributed by atoms with Gasteiger partial charge in [-0.3, -0.25) is 0 Å². The van der Waals surface area contributed by atoms with Crippen molar-refractivity contribution in [3.8, 4) is 0 Å². The monoisotopic (exact) mass is 243 g/mol. The summed E-state index contributed by atoms with van der Waals surface area (Å²) in [6.07, 6.45) is 2.58. The van der Waals surface area contributed by atoms with E-state index in [2.05, 4.69) is 17.1 Å². The standard InChI is InChI=1S/C12H25N3O2/c1-11-4-3-6-15(10-11)7-5-13-12(17)14(2)8-9-16/h11,16H,3-10H2,1-2H3,(H,13,17). The first kappa shape index (κ1) is 14.3. The highest BCUT2D eigenvalue weighted by atomic mass is 16.3. The van der Waals surface area contributed by atoms with Crippen molar-refractivity contribution in [3.63, 3.8) is 0 Å². The molecule has 0 spiro atoms. The number of hydrogen-bond acceptors (Lipinski definition) is 3. The molecule has 5 nitrogen and oxygen atoms in total. The molecule has 2 amide bonds. The number of carbonyl (C=O) groups excluding carboxylic acids is 1. The summed E-state index contributed by atoms with van der Waals surface area (Å²) >= 11 is 0. The molecular weight excluding hydrogens is 218 g/mol. The first-order chi connectivity index (χ1) is 8.13. The van der Waals surface area contributed by atoms with Gasteiger partial charge in [0, 0.05) is 33.2 Å². The fourth-order valence-corrected chi connectivity index (χ4v) is 2.20. The lowest BCUT2D eigenvalue weighted by Gasteiger charge is -2.30. The minimum atomic E-state index is -0.107. The summed E-state index contributed by atoms with van der Waals surface area (Å²) < 4.78 is 0. The highest BCUT2D eigenvalue weighted by molar-refractivity contribution is 5.73. The van der Waals surface area contributed by atoms with Crippen LogP contribution >= 0.6 is 0 Å². The van der Waals surface area contributed by atoms with E-state index in [0.717, 1.165) is 25.6 Å². The molecule has 5 heteroatoms. The topological polar surface area (TPSA) is 55.8 Å². The molecule has 0 aromatic rings. The highest BCUT2D eigenvalue weighted by Gasteiger charge is 2.16. The zero-order valence-electron chi connectivity index (χ0n) is 11.0. The van der Waals surface area contributed by atoms with E-state index in [9.17, 15) is 4.79 Å². The molecule has 100 valence electrons. The molecule has 0 saturated carbocycles. The zero-order chi connectivity index (χ0) is 12.7. The molecule has 1 saturated heterocycles. The van der Waals surface area contributed by atoms with E-state index in [1.54, 1.807) is 7.05 Å². The van der Waals surface area contributed by atoms with E-state index in [4.69, 9.17) is 5.11 Å². The quantitative estimate of drug-likeness (QED) is 0.732. The van der Waals surface area contributed by atoms with Crippen molar-refractivity contribution in [2.75, 3.05) is 46.4 Å². The number of rotatable bonds is 5. The Hall–Kier alpha value is -0.810. The zero-order valence-corrected chi connectivity index (χ0v) is 11.0. The molecule has 0 aromatic heterocycles. The van der Waals surface area contributed by atoms with Crippen LogP contribution in [0.5, 0.6) is 0 Å². The SMILES string of the molecule is CC1CCCN(CCNC(=O)N(C)CCO)C1. The van der Waals surface area contributed by atoms with Crippen LogP contribution in [0.15, 0.2) is 0 Å². The van der Waals surface area contributed by atoms with Gasteiger partial charge in [0.05, 0.1) is 6.61 Å². The molecule has 0 aliphatic carbocycles. The molecule has 1 unspecified atom stereocenters. The number of carbonyl (C=O) groups is 1. The van der Waals surface area contributed by atoms with Crippen molar-refractivity contribution in [1.29, 1.82) is 0 Å². The second kappa shape index (κ2) is 7.50. The molecule has 1 aliphatic heterocycles. The van der Waals surface area contributed by atoms with E-state index < -0.39 is 0 Å². The Kier molecular flexibility index (Phi) is 6.29. The van der Waals surface area contributed by atoms with E-state index in [1.165, 1.54) is 17.7 Å². The predicted octanol–water partition coefficient (Wildman–Crippen LogP) is 0.352. The third-order valence-electron chi connectivity index (χ3n) is 3.23. The third-order valence-corrected chi connectivity index (χ3v) is 3.23. The number of nitrogens with zero attached hydrogens (tertiary/aromatic N) is 2. The summed E-state index contributed by atoms with van der Waals surface area (Å²) in [5.74, 6) is 0.775. The minimum Gasteiger partial charge on any atom is -0.395 e. The van der Waals surface area contributed by atoms with Gasteiger partial charge in [-0.1, -0.05) is 6.92 Å². The smallest absolute Gasteiger partial charge is 0.317 e. The number of likely N-dealkylation sites (tertiary alicyclic amines) is 1. The van der Waals surface area contributed by atoms with Crippen molar-refractivity contribution < 1.29 is 9.90 Å². The lowest BCUT2D eigenvalue weighted by molar-refractivity contribution is 0.174. The van der Waals surface area contributed by atoms with Crippen molar-refractivity contribution in [2.24, 2.45) is 5.92 Å². The minimum absolute atomic E-state index is 0.00750. The van der Waals surface area contributed by atoms with Crippen molar-refractivity contribution in [3.05, 3.63) is 0 Å². The number of aliphatic hydroxyl groups is 1. The van der Waals surface area contributed by atoms with E-state index in [1.807, 2.05) is 0 Å². The van der Waals surface area contributed by atoms with Crippen LogP contribution in [-0.2, 0) is 0 Å². The van der Waals surface area contributed by atoms with Crippen LogP contribution in [0.3, 0.4) is 0 Å². The molecule has 0 radical (unpaired) electrons. The maximum absolute atomic E-state index is 11.5. The first-order valence-electron chi connectivity index (χ1n) is 6.45. The summed E-state index contributed by atoms with van der Waals surface area (Å²) in [5.41, 5.74) is 0. The molecule has 1 rings (SSSR count). The van der Waals surface area contributed by atoms with Crippen LogP contribution < -0.4 is 5.32 Å². The van der Waals surface area contributed by atoms with Crippen molar-refractivity contribution >= 4 is 6.03 Å². The van der Waals surface area contributed by atoms with Gasteiger partial charge in [-0.25, -0.2) is 4.79 Å². The summed E-state index contributed by atoms with van der Waals surface area (Å²) in [5, 5.41) is 11.6. The van der Waals surface area contributed by atoms with Gasteiger partial charge < -0.3 is 20.2 Å². The summed E-state index contributed by atoms with van der Waals surface area (Å²) in [4.78, 5) is 15.4. The normalized spacial score (nSPS) is 21.2. The Morgan fingerprint density at radius 2 is 2.35 bits per heavy atom. The fourth-order valence-electron chi connectivity index (χ4n) is 2.20. The van der Waals surface area contributed by atoms with Gasteiger partial charge in [0.2, 0.25) is 0 Å². The Bertz CT molecular complexity index is 236. The average Bonchev–Trinajstić information content (AvgIpc) is 2.29. The second-order valence-electron chi connectivity index (χ2n) is 4.93. The van der Waals surface area contributed by atoms with Gasteiger partial charge in [0.1, 0.15) is 0 Å². The predicted molar refractivity (Wildman–Crippen MR) is 68.0 cm³/mol. The van der Waals surface area contributed by atoms with Gasteiger partial charge in [0.25, 0.3) is 0 Å². The third kappa shape index (κ3) is 5.37. The molecular formula is C12H25N3O2. The Balaban J connectivity index is 2.12. The number of piperidine rings is 1. The maximum atomic E-state index is 11.5. The molecule has 1 heterocycles. The highest BCUT2D eigenvalue weighted by Crippen LogP contribution is 2.14. The van der Waals surface area contributed by atoms with Crippen molar-refractivity contribution in [2.45, 2.75) is 19.8 Å². The average molecular weight is 243 g/mol. The van der Waals surface area contributed by atoms with Gasteiger partial charge in [-0.15, -0.1) is 0 Å². The number of hydrogen-bond donors (Lipinski definition) is 2. The van der Waals surface area contributed by atoms with E-state index in [-0.39, 0.29) is 12.6 Å². The molecule has 1 aliphatic rings. The number of aliphatic hydroxyl groups excluding tert-OH is 1. The Morgan fingerprint density at radius 1 is 1.59 bits per heavy atom. The summed E-state index contributed by atoms with van der Waals surface area (Å²) in [7, 11) is 1.69. The molecule has 17 heavy (non-hydrogen) atoms. The largest absolute Gasteiger partial charge is 0.395 e. The molecule has 0 aromatic carbocycles. The second-order valence-corrected chi connectivity index (χ2v) is 4.93. The van der Waals surface area contributed by atoms with Crippen LogP contribution in [0.25, 0.3) is 0 Å². The van der Waals surface area contributed by atoms with Gasteiger partial charge in [0.15, 0.2) is 0 Å². The van der Waals surface area contributed by atoms with Gasteiger partial charge in [-0.05, 0) is 25.3 Å². The van der Waals surface area contributed by atoms with Crippen LogP contribution in [0.1, 0.15) is 19.8 Å². The number of likely N-dealkylation sites (N-methyl/N-ethyl adjacent to an activating group) is 1. The number of nitrogens with one attached hydrogen (secondary N) is 1. The molecule has 2 N–H and O–H groups in total. The summed E-state index contributed by atoms with van der Waals surface area (Å²) in [6, 6.07) is -0.107. The van der Waals surface area contributed by atoms with Gasteiger partial charge in [-0.2, -0.15) is 0 Å². The summed E-state index contributed by atoms with van der Waals surface area (Å²) in [6.45, 7) is 6.55. The Morgan fingerprint density at radius 3 is 3.00 bits per heavy atom. The number of amides is 2. The van der Waals surface area contributed by atoms with Crippen LogP contribution in [0.4, 0.5) is 4.79 Å². The van der Waals surface area contributed by atoms with Gasteiger partial charge >= 0.3 is 6.03 Å². The molecule has 1 fully saturated rings. The van der Waals surface area contributed by atoms with Crippen LogP contribution in [-0.4, -0.2) is 67.3 Å². The van der Waals surface area contributed by atoms with Crippen LogP contribution in [0, 0.1) is 5.92 Å². The van der Waals surface area contributed by atoms with Crippen LogP contribution in [0.2, 0.25) is 0 Å². The number of urea groups is 1. The first-order valence-corrected chi connectivity index (χ1v) is 6.45. The van der Waals surface area contributed by atoms with E-state index in [0.29, 0.717) is 13.1 Å². The maximum Gasteiger partial charge on any atom is 0.317 e. The Labute approximate surface area is 104 Å². The van der Waals surface area contributed by atoms with E-state index >= 15 is 0 Å². The lowest BCUT2D eigenvalue weighted by Crippen LogP contribution is -2.44. The molecule has 0 bridgehead atoms. The molecule has 1 atom stereocenters.